The predicted molar refractivity (Wildman–Crippen MR) is 61.8 cm³/mol. The summed E-state index contributed by atoms with van der Waals surface area (Å²) in [6.07, 6.45) is -0.235. The average Bonchev–Trinajstić information content (AvgIpc) is 2.30. The maximum absolute atomic E-state index is 12.4. The molecule has 16 heavy (non-hydrogen) atoms. The molecule has 0 aromatic heterocycles. The Morgan fingerprint density at radius 2 is 2.31 bits per heavy atom. The Kier molecular flexibility index (Phi) is 6.54. The molecule has 1 rings (SSSR count). The number of halogens is 2. The molecule has 0 unspecified atom stereocenters. The zero-order valence-corrected chi connectivity index (χ0v) is 11.0. The van der Waals surface area contributed by atoms with Gasteiger partial charge in [-0.15, -0.1) is 23.2 Å². The first-order valence-electron chi connectivity index (χ1n) is 4.87. The third-order valence-corrected chi connectivity index (χ3v) is 4.79. The molecule has 2 N–H and O–H groups in total. The quantitative estimate of drug-likeness (QED) is 0.336. The van der Waals surface area contributed by atoms with Crippen LogP contribution < -0.4 is 5.09 Å². The second kappa shape index (κ2) is 7.13. The van der Waals surface area contributed by atoms with Gasteiger partial charge >= 0.3 is 7.67 Å². The molecule has 0 radical (unpaired) electrons. The van der Waals surface area contributed by atoms with E-state index >= 15 is 0 Å². The number of nitrogens with one attached hydrogen (secondary N) is 1. The van der Waals surface area contributed by atoms with Gasteiger partial charge in [0.25, 0.3) is 0 Å². The standard InChI is InChI=1S/C7H15Cl2N2O4P/c8-2-4-10-16(13)11(5-3-9)7(15-12)1-6-14-16/h7,12H,1-6H2,(H,10,13)/t7-,16+/m0/s1. The number of hydrogen-bond acceptors (Lipinski definition) is 4. The molecule has 2 atom stereocenters. The molecule has 9 heteroatoms. The van der Waals surface area contributed by atoms with Gasteiger partial charge < -0.3 is 4.52 Å². The van der Waals surface area contributed by atoms with Crippen LogP contribution in [0.2, 0.25) is 0 Å². The van der Waals surface area contributed by atoms with Gasteiger partial charge in [-0.2, -0.15) is 4.67 Å². The van der Waals surface area contributed by atoms with Gasteiger partial charge in [-0.25, -0.2) is 9.97 Å². The lowest BCUT2D eigenvalue weighted by Crippen LogP contribution is -2.44. The van der Waals surface area contributed by atoms with E-state index in [2.05, 4.69) is 9.97 Å². The summed E-state index contributed by atoms with van der Waals surface area (Å²) in [5, 5.41) is 11.5. The van der Waals surface area contributed by atoms with Crippen LogP contribution in [0.4, 0.5) is 0 Å². The van der Waals surface area contributed by atoms with E-state index in [0.717, 1.165) is 0 Å². The molecule has 1 saturated heterocycles. The molecule has 96 valence electrons. The molecule has 1 fully saturated rings. The molecule has 0 aromatic rings. The van der Waals surface area contributed by atoms with Crippen molar-refractivity contribution in [3.63, 3.8) is 0 Å². The first-order valence-corrected chi connectivity index (χ1v) is 7.51. The van der Waals surface area contributed by atoms with Crippen molar-refractivity contribution in [2.45, 2.75) is 12.6 Å². The summed E-state index contributed by atoms with van der Waals surface area (Å²) < 4.78 is 19.0. The zero-order valence-electron chi connectivity index (χ0n) is 8.64. The second-order valence-corrected chi connectivity index (χ2v) is 6.04. The fraction of sp³-hybridized carbons (Fsp3) is 1.00. The number of nitrogens with zero attached hydrogens (tertiary/aromatic N) is 1. The van der Waals surface area contributed by atoms with Gasteiger partial charge in [-0.3, -0.25) is 9.82 Å². The van der Waals surface area contributed by atoms with Crippen LogP contribution in [-0.4, -0.2) is 47.6 Å². The minimum Gasteiger partial charge on any atom is -0.306 e. The highest BCUT2D eigenvalue weighted by Gasteiger charge is 2.41. The minimum absolute atomic E-state index is 0.247. The maximum atomic E-state index is 12.4. The lowest BCUT2D eigenvalue weighted by atomic mass is 10.4. The summed E-state index contributed by atoms with van der Waals surface area (Å²) in [6.45, 7) is 0.881. The Morgan fingerprint density at radius 1 is 1.56 bits per heavy atom. The zero-order chi connectivity index (χ0) is 12.0. The maximum Gasteiger partial charge on any atom is 0.345 e. The van der Waals surface area contributed by atoms with Gasteiger partial charge in [0.1, 0.15) is 0 Å². The molecule has 0 bridgehead atoms. The van der Waals surface area contributed by atoms with E-state index in [-0.39, 0.29) is 12.5 Å². The highest BCUT2D eigenvalue weighted by molar-refractivity contribution is 7.54. The molecule has 0 aromatic carbocycles. The van der Waals surface area contributed by atoms with E-state index in [4.69, 9.17) is 33.0 Å². The van der Waals surface area contributed by atoms with Gasteiger partial charge in [0, 0.05) is 31.3 Å². The molecule has 0 aliphatic carbocycles. The van der Waals surface area contributed by atoms with Gasteiger partial charge in [0.2, 0.25) is 0 Å². The summed E-state index contributed by atoms with van der Waals surface area (Å²) in [5.74, 6) is 0.572. The highest BCUT2D eigenvalue weighted by Crippen LogP contribution is 2.51. The molecular weight excluding hydrogens is 278 g/mol. The van der Waals surface area contributed by atoms with Crippen LogP contribution in [0.3, 0.4) is 0 Å². The largest absolute Gasteiger partial charge is 0.345 e. The Labute approximate surface area is 104 Å². The molecule has 1 aliphatic rings. The molecular formula is C7H15Cl2N2O4P. The Hall–Kier alpha value is 0.610. The van der Waals surface area contributed by atoms with Crippen LogP contribution in [0, 0.1) is 0 Å². The minimum atomic E-state index is -3.20. The first kappa shape index (κ1) is 14.7. The van der Waals surface area contributed by atoms with Crippen molar-refractivity contribution in [1.29, 1.82) is 0 Å². The smallest absolute Gasteiger partial charge is 0.306 e. The summed E-state index contributed by atoms with van der Waals surface area (Å²) in [4.78, 5) is 4.27. The summed E-state index contributed by atoms with van der Waals surface area (Å²) >= 11 is 11.1. The normalized spacial score (nSPS) is 31.8. The first-order chi connectivity index (χ1) is 7.68. The fourth-order valence-corrected chi connectivity index (χ4v) is 4.01. The van der Waals surface area contributed by atoms with Crippen molar-refractivity contribution >= 4 is 30.9 Å². The molecule has 1 aliphatic heterocycles. The van der Waals surface area contributed by atoms with Gasteiger partial charge in [-0.05, 0) is 0 Å². The van der Waals surface area contributed by atoms with Crippen molar-refractivity contribution < 1.29 is 19.2 Å². The summed E-state index contributed by atoms with van der Waals surface area (Å²) in [6, 6.07) is 0. The van der Waals surface area contributed by atoms with Gasteiger partial charge in [-0.1, -0.05) is 0 Å². The average molecular weight is 293 g/mol. The SMILES string of the molecule is O=[P@]1(NCCCl)OCC[C@H](OO)N1CCCl. The summed E-state index contributed by atoms with van der Waals surface area (Å²) in [7, 11) is -3.20. The van der Waals surface area contributed by atoms with E-state index in [1.165, 1.54) is 4.67 Å². The van der Waals surface area contributed by atoms with Crippen LogP contribution in [0.1, 0.15) is 6.42 Å². The fourth-order valence-electron chi connectivity index (χ4n) is 1.46. The number of rotatable bonds is 6. The Morgan fingerprint density at radius 3 is 2.88 bits per heavy atom. The van der Waals surface area contributed by atoms with E-state index in [1.807, 2.05) is 0 Å². The van der Waals surface area contributed by atoms with Gasteiger partial charge in [0.05, 0.1) is 6.61 Å². The van der Waals surface area contributed by atoms with Crippen molar-refractivity contribution in [1.82, 2.24) is 9.76 Å². The monoisotopic (exact) mass is 292 g/mol. The second-order valence-electron chi connectivity index (χ2n) is 3.15. The third-order valence-electron chi connectivity index (χ3n) is 2.14. The molecule has 1 heterocycles. The topological polar surface area (TPSA) is 71.0 Å². The van der Waals surface area contributed by atoms with Crippen LogP contribution in [-0.2, 0) is 14.0 Å². The molecule has 0 saturated carbocycles. The summed E-state index contributed by atoms with van der Waals surface area (Å²) in [5.41, 5.74) is 0. The lowest BCUT2D eigenvalue weighted by molar-refractivity contribution is -0.308. The van der Waals surface area contributed by atoms with Crippen LogP contribution >= 0.6 is 30.9 Å². The number of alkyl halides is 2. The van der Waals surface area contributed by atoms with E-state index in [9.17, 15) is 4.57 Å². The Balaban J connectivity index is 2.73. The van der Waals surface area contributed by atoms with E-state index in [0.29, 0.717) is 25.4 Å². The van der Waals surface area contributed by atoms with Crippen molar-refractivity contribution in [3.8, 4) is 0 Å². The van der Waals surface area contributed by atoms with Crippen molar-refractivity contribution in [3.05, 3.63) is 0 Å². The molecule has 0 spiro atoms. The van der Waals surface area contributed by atoms with E-state index < -0.39 is 13.9 Å². The van der Waals surface area contributed by atoms with E-state index in [1.54, 1.807) is 0 Å². The van der Waals surface area contributed by atoms with Crippen LogP contribution in [0.5, 0.6) is 0 Å². The highest BCUT2D eigenvalue weighted by atomic mass is 35.5. The number of hydrogen-bond donors (Lipinski definition) is 2. The van der Waals surface area contributed by atoms with Crippen molar-refractivity contribution in [2.75, 3.05) is 31.5 Å². The molecule has 0 amide bonds. The van der Waals surface area contributed by atoms with Crippen LogP contribution in [0.15, 0.2) is 0 Å². The lowest BCUT2D eigenvalue weighted by Gasteiger charge is -2.38. The van der Waals surface area contributed by atoms with Crippen molar-refractivity contribution in [2.24, 2.45) is 0 Å². The predicted octanol–water partition coefficient (Wildman–Crippen LogP) is 1.70. The Bertz CT molecular complexity index is 259. The third kappa shape index (κ3) is 3.55. The van der Waals surface area contributed by atoms with Crippen LogP contribution in [0.25, 0.3) is 0 Å². The molecule has 6 nitrogen and oxygen atoms in total. The van der Waals surface area contributed by atoms with Gasteiger partial charge in [0.15, 0.2) is 6.23 Å².